The molecule has 1 aromatic carbocycles. The molecule has 8 atom stereocenters. The fraction of sp³-hybridized carbons (Fsp3) is 0.548. The number of nitrogens with zero attached hydrogens (tertiary/aromatic N) is 2. The molecule has 0 bridgehead atoms. The quantitative estimate of drug-likeness (QED) is 0.394. The van der Waals surface area contributed by atoms with Crippen molar-refractivity contribution >= 4 is 41.0 Å². The molecule has 4 aliphatic rings. The third kappa shape index (κ3) is 5.24. The summed E-state index contributed by atoms with van der Waals surface area (Å²) >= 11 is 6.11. The number of likely N-dealkylation sites (tertiary alicyclic amines) is 1. The first kappa shape index (κ1) is 30.3. The lowest BCUT2D eigenvalue weighted by Gasteiger charge is -2.40. The maximum Gasteiger partial charge on any atom is 0.313 e. The number of amides is 3. The second kappa shape index (κ2) is 12.2. The first-order valence-corrected chi connectivity index (χ1v) is 15.0. The van der Waals surface area contributed by atoms with Crippen LogP contribution < -0.4 is 10.2 Å². The molecule has 0 aliphatic carbocycles. The number of allylic oxidation sites excluding steroid dienone is 1. The van der Waals surface area contributed by atoms with Gasteiger partial charge in [-0.05, 0) is 43.5 Å². The highest BCUT2D eigenvalue weighted by atomic mass is 35.5. The Hall–Kier alpha value is -3.21. The number of ether oxygens (including phenoxy) is 2. The maximum absolute atomic E-state index is 14.6. The maximum atomic E-state index is 14.6. The molecule has 226 valence electrons. The van der Waals surface area contributed by atoms with E-state index in [4.69, 9.17) is 21.1 Å². The van der Waals surface area contributed by atoms with Gasteiger partial charge in [0.25, 0.3) is 5.91 Å². The van der Waals surface area contributed by atoms with Crippen LogP contribution in [0, 0.1) is 17.8 Å². The van der Waals surface area contributed by atoms with Crippen LogP contribution in [-0.2, 0) is 28.7 Å². The number of rotatable bonds is 5. The lowest BCUT2D eigenvalue weighted by atomic mass is 9.78. The molecule has 5 rings (SSSR count). The topological polar surface area (TPSA) is 125 Å². The minimum absolute atomic E-state index is 0.138. The molecule has 11 heteroatoms. The Morgan fingerprint density at radius 3 is 2.57 bits per heavy atom. The smallest absolute Gasteiger partial charge is 0.313 e. The summed E-state index contributed by atoms with van der Waals surface area (Å²) in [6.45, 7) is 5.56. The number of carbonyl (C=O) groups excluding carboxylic acids is 4. The summed E-state index contributed by atoms with van der Waals surface area (Å²) in [5, 5.41) is 13.8. The summed E-state index contributed by atoms with van der Waals surface area (Å²) in [7, 11) is 0. The Bertz CT molecular complexity index is 1280. The first-order valence-electron chi connectivity index (χ1n) is 14.6. The summed E-state index contributed by atoms with van der Waals surface area (Å²) in [6, 6.07) is 5.05. The third-order valence-electron chi connectivity index (χ3n) is 8.96. The number of halogens is 1. The van der Waals surface area contributed by atoms with Crippen molar-refractivity contribution in [1.82, 2.24) is 10.2 Å². The van der Waals surface area contributed by atoms with E-state index >= 15 is 0 Å². The number of hydrogen-bond acceptors (Lipinski definition) is 7. The van der Waals surface area contributed by atoms with Gasteiger partial charge < -0.3 is 29.7 Å². The van der Waals surface area contributed by atoms with Crippen LogP contribution in [0.25, 0.3) is 0 Å². The molecule has 0 saturated carbocycles. The molecule has 42 heavy (non-hydrogen) atoms. The average molecular weight is 600 g/mol. The molecule has 2 saturated heterocycles. The predicted octanol–water partition coefficient (Wildman–Crippen LogP) is 2.63. The predicted molar refractivity (Wildman–Crippen MR) is 155 cm³/mol. The molecule has 2 fully saturated rings. The minimum Gasteiger partial charge on any atom is -0.460 e. The number of aliphatic hydroxyl groups excluding tert-OH is 1. The fourth-order valence-corrected chi connectivity index (χ4v) is 6.75. The van der Waals surface area contributed by atoms with Crippen LogP contribution >= 0.6 is 11.6 Å². The van der Waals surface area contributed by atoms with Gasteiger partial charge in [0, 0.05) is 23.7 Å². The van der Waals surface area contributed by atoms with E-state index in [1.807, 2.05) is 13.8 Å². The number of carbonyl (C=O) groups is 4. The van der Waals surface area contributed by atoms with Gasteiger partial charge in [0.1, 0.15) is 23.7 Å². The number of anilines is 1. The van der Waals surface area contributed by atoms with Gasteiger partial charge in [0.2, 0.25) is 11.8 Å². The van der Waals surface area contributed by atoms with Crippen molar-refractivity contribution in [3.63, 3.8) is 0 Å². The Morgan fingerprint density at radius 1 is 1.14 bits per heavy atom. The molecule has 1 spiro atoms. The molecule has 0 unspecified atom stereocenters. The van der Waals surface area contributed by atoms with Crippen LogP contribution in [0.3, 0.4) is 0 Å². The van der Waals surface area contributed by atoms with Crippen molar-refractivity contribution in [2.75, 3.05) is 24.6 Å². The van der Waals surface area contributed by atoms with E-state index in [1.54, 1.807) is 60.4 Å². The number of esters is 1. The molecule has 0 aromatic heterocycles. The summed E-state index contributed by atoms with van der Waals surface area (Å²) < 4.78 is 12.4. The second-order valence-corrected chi connectivity index (χ2v) is 12.0. The molecule has 4 heterocycles. The van der Waals surface area contributed by atoms with Crippen LogP contribution in [0.4, 0.5) is 5.69 Å². The number of benzene rings is 1. The van der Waals surface area contributed by atoms with Crippen molar-refractivity contribution < 1.29 is 33.8 Å². The van der Waals surface area contributed by atoms with Crippen molar-refractivity contribution in [1.29, 1.82) is 0 Å². The highest BCUT2D eigenvalue weighted by molar-refractivity contribution is 6.30. The zero-order chi connectivity index (χ0) is 30.2. The lowest BCUT2D eigenvalue weighted by molar-refractivity contribution is -0.159. The Labute approximate surface area is 250 Å². The largest absolute Gasteiger partial charge is 0.460 e. The van der Waals surface area contributed by atoms with E-state index in [0.29, 0.717) is 23.6 Å². The fourth-order valence-electron chi connectivity index (χ4n) is 6.63. The van der Waals surface area contributed by atoms with Crippen molar-refractivity contribution in [2.45, 2.75) is 69.9 Å². The Morgan fingerprint density at radius 2 is 1.88 bits per heavy atom. The van der Waals surface area contributed by atoms with Crippen LogP contribution in [-0.4, -0.2) is 83.3 Å². The third-order valence-corrected chi connectivity index (χ3v) is 9.21. The molecular formula is C31H38ClN3O7. The SMILES string of the molecule is CC[C@H](C)[C@H](CO)N1C(=O)[C@H]2[C@@H]3C(=O)O[C@@H](C)CNC(=O)CC/C=C\[C@@H]3O[C@]23C=CCN(c2ccc(Cl)cc2)C(=O)[C@H]13. The van der Waals surface area contributed by atoms with E-state index in [-0.39, 0.29) is 43.8 Å². The van der Waals surface area contributed by atoms with E-state index in [1.165, 1.54) is 4.90 Å². The van der Waals surface area contributed by atoms with Crippen LogP contribution in [0.5, 0.6) is 0 Å². The minimum atomic E-state index is -1.48. The summed E-state index contributed by atoms with van der Waals surface area (Å²) in [6.07, 6.45) is 6.84. The molecule has 4 aliphatic heterocycles. The van der Waals surface area contributed by atoms with Gasteiger partial charge in [-0.25, -0.2) is 0 Å². The monoisotopic (exact) mass is 599 g/mol. The van der Waals surface area contributed by atoms with E-state index < -0.39 is 53.6 Å². The number of hydrogen-bond donors (Lipinski definition) is 2. The van der Waals surface area contributed by atoms with Crippen LogP contribution in [0.1, 0.15) is 40.0 Å². The summed E-state index contributed by atoms with van der Waals surface area (Å²) in [4.78, 5) is 58.1. The Kier molecular flexibility index (Phi) is 8.78. The van der Waals surface area contributed by atoms with Gasteiger partial charge in [-0.15, -0.1) is 0 Å². The summed E-state index contributed by atoms with van der Waals surface area (Å²) in [5.74, 6) is -3.83. The molecule has 3 amide bonds. The average Bonchev–Trinajstić information content (AvgIpc) is 3.35. The van der Waals surface area contributed by atoms with Gasteiger partial charge in [-0.3, -0.25) is 19.2 Å². The van der Waals surface area contributed by atoms with Crippen molar-refractivity contribution in [2.24, 2.45) is 17.8 Å². The Balaban J connectivity index is 1.63. The van der Waals surface area contributed by atoms with Gasteiger partial charge >= 0.3 is 5.97 Å². The normalized spacial score (nSPS) is 33.8. The molecule has 2 N–H and O–H groups in total. The van der Waals surface area contributed by atoms with Crippen LogP contribution in [0.15, 0.2) is 48.6 Å². The summed E-state index contributed by atoms with van der Waals surface area (Å²) in [5.41, 5.74) is -0.882. The molecule has 0 radical (unpaired) electrons. The zero-order valence-corrected chi connectivity index (χ0v) is 24.8. The molecular weight excluding hydrogens is 562 g/mol. The highest BCUT2D eigenvalue weighted by Gasteiger charge is 2.72. The molecule has 10 nitrogen and oxygen atoms in total. The van der Waals surface area contributed by atoms with E-state index in [9.17, 15) is 24.3 Å². The van der Waals surface area contributed by atoms with Crippen molar-refractivity contribution in [3.05, 3.63) is 53.6 Å². The van der Waals surface area contributed by atoms with E-state index in [2.05, 4.69) is 5.32 Å². The molecule has 1 aromatic rings. The van der Waals surface area contributed by atoms with E-state index in [0.717, 1.165) is 0 Å². The highest BCUT2D eigenvalue weighted by Crippen LogP contribution is 2.54. The lowest BCUT2D eigenvalue weighted by Crippen LogP contribution is -2.59. The van der Waals surface area contributed by atoms with Gasteiger partial charge in [-0.2, -0.15) is 0 Å². The second-order valence-electron chi connectivity index (χ2n) is 11.6. The standard InChI is InChI=1S/C31H38ClN3O7/c1-4-18(2)22(17-36)35-27-29(39)34(21-12-10-20(32)11-13-21)15-7-14-31(27)26(28(35)38)25-23(42-31)8-5-6-9-24(37)33-16-19(3)41-30(25)40/h5,7-8,10-14,18-19,22-23,25-27,36H,4,6,9,15-17H2,1-3H3,(H,33,37)/b8-5-/t18-,19-,22-,23-,25+,26+,27-,31+/m0/s1. The van der Waals surface area contributed by atoms with Gasteiger partial charge in [0.15, 0.2) is 0 Å². The van der Waals surface area contributed by atoms with Crippen LogP contribution in [0.2, 0.25) is 5.02 Å². The number of cyclic esters (lactones) is 1. The van der Waals surface area contributed by atoms with Crippen molar-refractivity contribution in [3.8, 4) is 0 Å². The zero-order valence-electron chi connectivity index (χ0n) is 24.1. The van der Waals surface area contributed by atoms with Gasteiger partial charge in [0.05, 0.1) is 31.2 Å². The number of fused-ring (bicyclic) bond motifs is 2. The first-order chi connectivity index (χ1) is 20.1. The number of nitrogens with one attached hydrogen (secondary N) is 1. The van der Waals surface area contributed by atoms with Gasteiger partial charge in [-0.1, -0.05) is 56.2 Å². The number of aliphatic hydroxyl groups is 1.